The number of benzene rings is 3. The average Bonchev–Trinajstić information content (AvgIpc) is 3.33. The van der Waals surface area contributed by atoms with Gasteiger partial charge >= 0.3 is 5.97 Å². The van der Waals surface area contributed by atoms with Crippen molar-refractivity contribution in [2.45, 2.75) is 6.42 Å². The van der Waals surface area contributed by atoms with Gasteiger partial charge < -0.3 is 19.1 Å². The van der Waals surface area contributed by atoms with E-state index in [1.807, 2.05) is 12.1 Å². The van der Waals surface area contributed by atoms with Gasteiger partial charge in [-0.05, 0) is 48.5 Å². The Morgan fingerprint density at radius 3 is 2.34 bits per heavy atom. The second-order valence-corrected chi connectivity index (χ2v) is 8.65. The summed E-state index contributed by atoms with van der Waals surface area (Å²) in [5.74, 6) is -1.35. The summed E-state index contributed by atoms with van der Waals surface area (Å²) in [6, 6.07) is 20.4. The Hall–Kier alpha value is -4.57. The molecule has 3 amide bonds. The number of carbonyl (C=O) groups is 4. The smallest absolute Gasteiger partial charge is 0.311 e. The lowest BCUT2D eigenvalue weighted by atomic mass is 10.1. The van der Waals surface area contributed by atoms with Crippen molar-refractivity contribution >= 4 is 41.0 Å². The molecule has 196 valence electrons. The van der Waals surface area contributed by atoms with Crippen LogP contribution in [0.2, 0.25) is 5.02 Å². The van der Waals surface area contributed by atoms with Crippen LogP contribution in [0.15, 0.2) is 72.8 Å². The van der Waals surface area contributed by atoms with Crippen LogP contribution >= 0.6 is 11.6 Å². The highest BCUT2D eigenvalue weighted by molar-refractivity contribution is 6.33. The van der Waals surface area contributed by atoms with Crippen LogP contribution in [0.25, 0.3) is 0 Å². The van der Waals surface area contributed by atoms with Crippen molar-refractivity contribution < 1.29 is 33.4 Å². The number of amides is 3. The van der Waals surface area contributed by atoms with E-state index < -0.39 is 30.3 Å². The topological polar surface area (TPSA) is 123 Å². The zero-order valence-corrected chi connectivity index (χ0v) is 21.1. The number of methoxy groups -OCH3 is 1. The molecule has 3 aromatic rings. The summed E-state index contributed by atoms with van der Waals surface area (Å²) in [7, 11) is 1.55. The molecule has 1 heterocycles. The molecule has 1 aliphatic rings. The summed E-state index contributed by atoms with van der Waals surface area (Å²) in [6.45, 7) is -0.517. The molecule has 4 rings (SSSR count). The summed E-state index contributed by atoms with van der Waals surface area (Å²) in [4.78, 5) is 50.6. The van der Waals surface area contributed by atoms with Gasteiger partial charge in [-0.15, -0.1) is 0 Å². The summed E-state index contributed by atoms with van der Waals surface area (Å²) < 4.78 is 16.2. The summed E-state index contributed by atoms with van der Waals surface area (Å²) in [6.07, 6.45) is -0.0524. The first-order chi connectivity index (χ1) is 18.4. The molecule has 10 nitrogen and oxygen atoms in total. The van der Waals surface area contributed by atoms with Gasteiger partial charge in [-0.1, -0.05) is 35.9 Å². The van der Waals surface area contributed by atoms with Crippen LogP contribution in [0.5, 0.6) is 17.2 Å². The fraction of sp³-hybridized carbons (Fsp3) is 0.185. The monoisotopic (exact) mass is 537 g/mol. The number of hydrazine groups is 1. The van der Waals surface area contributed by atoms with Crippen molar-refractivity contribution in [1.29, 1.82) is 0 Å². The first-order valence-corrected chi connectivity index (χ1v) is 11.9. The predicted molar refractivity (Wildman–Crippen MR) is 138 cm³/mol. The number of nitrogens with one attached hydrogen (secondary N) is 2. The Labute approximate surface area is 223 Å². The number of anilines is 1. The molecule has 0 aromatic heterocycles. The van der Waals surface area contributed by atoms with E-state index in [9.17, 15) is 19.2 Å². The van der Waals surface area contributed by atoms with Gasteiger partial charge in [0.25, 0.3) is 11.8 Å². The van der Waals surface area contributed by atoms with Crippen molar-refractivity contribution in [3.63, 3.8) is 0 Å². The van der Waals surface area contributed by atoms with Crippen molar-refractivity contribution in [1.82, 2.24) is 10.9 Å². The second-order valence-electron chi connectivity index (χ2n) is 8.24. The first kappa shape index (κ1) is 26.5. The average molecular weight is 538 g/mol. The zero-order valence-electron chi connectivity index (χ0n) is 20.3. The van der Waals surface area contributed by atoms with E-state index in [1.54, 1.807) is 55.6 Å². The van der Waals surface area contributed by atoms with Crippen molar-refractivity contribution in [3.05, 3.63) is 83.4 Å². The Balaban J connectivity index is 1.26. The molecule has 1 aliphatic heterocycles. The second kappa shape index (κ2) is 12.1. The van der Waals surface area contributed by atoms with Gasteiger partial charge in [0, 0.05) is 18.7 Å². The first-order valence-electron chi connectivity index (χ1n) is 11.6. The van der Waals surface area contributed by atoms with Crippen molar-refractivity contribution in [2.75, 3.05) is 25.2 Å². The Bertz CT molecular complexity index is 1350. The number of hydrogen-bond acceptors (Lipinski definition) is 7. The minimum Gasteiger partial charge on any atom is -0.493 e. The maximum Gasteiger partial charge on any atom is 0.311 e. The molecule has 0 spiro atoms. The van der Waals surface area contributed by atoms with E-state index in [2.05, 4.69) is 10.9 Å². The Kier molecular flexibility index (Phi) is 8.44. The summed E-state index contributed by atoms with van der Waals surface area (Å²) in [5.41, 5.74) is 5.13. The fourth-order valence-electron chi connectivity index (χ4n) is 3.77. The van der Waals surface area contributed by atoms with Crippen molar-refractivity contribution in [3.8, 4) is 17.2 Å². The number of nitrogens with zero attached hydrogens (tertiary/aromatic N) is 1. The third-order valence-electron chi connectivity index (χ3n) is 5.68. The summed E-state index contributed by atoms with van der Waals surface area (Å²) >= 11 is 5.94. The Morgan fingerprint density at radius 1 is 0.947 bits per heavy atom. The summed E-state index contributed by atoms with van der Waals surface area (Å²) in [5, 5.41) is 0.222. The molecule has 0 unspecified atom stereocenters. The third kappa shape index (κ3) is 6.40. The van der Waals surface area contributed by atoms with Crippen LogP contribution in [0.4, 0.5) is 5.69 Å². The van der Waals surface area contributed by atoms with Crippen LogP contribution < -0.4 is 25.2 Å². The lowest BCUT2D eigenvalue weighted by molar-refractivity contribution is -0.152. The van der Waals surface area contributed by atoms with Gasteiger partial charge in [-0.2, -0.15) is 0 Å². The standard InChI is InChI=1S/C27H24ClN3O7/c1-36-22-8-4-5-9-23(22)38-19-12-10-18(11-13-19)31-15-17(14-25(31)33)27(35)37-16-24(32)29-30-26(34)20-6-2-3-7-21(20)28/h2-13,17H,14-16H2,1H3,(H,29,32)(H,30,34)/t17-/m0/s1. The number of esters is 1. The van der Waals surface area contributed by atoms with E-state index >= 15 is 0 Å². The molecule has 2 N–H and O–H groups in total. The molecule has 11 heteroatoms. The van der Waals surface area contributed by atoms with Crippen LogP contribution in [0, 0.1) is 5.92 Å². The highest BCUT2D eigenvalue weighted by atomic mass is 35.5. The molecule has 3 aromatic carbocycles. The fourth-order valence-corrected chi connectivity index (χ4v) is 3.99. The lowest BCUT2D eigenvalue weighted by Crippen LogP contribution is -2.44. The quantitative estimate of drug-likeness (QED) is 0.333. The van der Waals surface area contributed by atoms with Crippen LogP contribution in [0.1, 0.15) is 16.8 Å². The molecule has 38 heavy (non-hydrogen) atoms. The number of para-hydroxylation sites is 2. The third-order valence-corrected chi connectivity index (χ3v) is 6.01. The molecule has 1 saturated heterocycles. The molecule has 0 aliphatic carbocycles. The molecule has 1 fully saturated rings. The molecular formula is C27H24ClN3O7. The predicted octanol–water partition coefficient (Wildman–Crippen LogP) is 3.50. The molecular weight excluding hydrogens is 514 g/mol. The van der Waals surface area contributed by atoms with Gasteiger partial charge in [-0.3, -0.25) is 30.0 Å². The Morgan fingerprint density at radius 2 is 1.63 bits per heavy atom. The van der Waals surface area contributed by atoms with Gasteiger partial charge in [0.05, 0.1) is 23.6 Å². The highest BCUT2D eigenvalue weighted by Crippen LogP contribution is 2.33. The number of rotatable bonds is 8. The SMILES string of the molecule is COc1ccccc1Oc1ccc(N2C[C@@H](C(=O)OCC(=O)NNC(=O)c3ccccc3Cl)CC2=O)cc1. The number of ether oxygens (including phenoxy) is 3. The van der Waals surface area contributed by atoms with E-state index in [0.29, 0.717) is 22.9 Å². The highest BCUT2D eigenvalue weighted by Gasteiger charge is 2.36. The van der Waals surface area contributed by atoms with E-state index in [-0.39, 0.29) is 29.5 Å². The van der Waals surface area contributed by atoms with E-state index in [4.69, 9.17) is 25.8 Å². The number of carbonyl (C=O) groups excluding carboxylic acids is 4. The molecule has 0 saturated carbocycles. The lowest BCUT2D eigenvalue weighted by Gasteiger charge is -2.17. The van der Waals surface area contributed by atoms with E-state index in [1.165, 1.54) is 17.0 Å². The minimum atomic E-state index is -0.745. The van der Waals surface area contributed by atoms with Crippen molar-refractivity contribution in [2.24, 2.45) is 5.92 Å². The molecule has 0 bridgehead atoms. The minimum absolute atomic E-state index is 0.0524. The molecule has 1 atom stereocenters. The largest absolute Gasteiger partial charge is 0.493 e. The van der Waals surface area contributed by atoms with Gasteiger partial charge in [0.1, 0.15) is 5.75 Å². The van der Waals surface area contributed by atoms with Crippen LogP contribution in [0.3, 0.4) is 0 Å². The maximum atomic E-state index is 12.6. The number of halogens is 1. The molecule has 0 radical (unpaired) electrons. The number of hydrogen-bond donors (Lipinski definition) is 2. The van der Waals surface area contributed by atoms with Gasteiger partial charge in [0.2, 0.25) is 5.91 Å². The normalized spacial score (nSPS) is 14.5. The van der Waals surface area contributed by atoms with E-state index in [0.717, 1.165) is 0 Å². The van der Waals surface area contributed by atoms with Crippen LogP contribution in [-0.2, 0) is 19.1 Å². The zero-order chi connectivity index (χ0) is 27.1. The van der Waals surface area contributed by atoms with Gasteiger partial charge in [-0.25, -0.2) is 0 Å². The van der Waals surface area contributed by atoms with Gasteiger partial charge in [0.15, 0.2) is 18.1 Å². The van der Waals surface area contributed by atoms with Crippen LogP contribution in [-0.4, -0.2) is 44.0 Å². The maximum absolute atomic E-state index is 12.6.